The predicted molar refractivity (Wildman–Crippen MR) is 71.4 cm³/mol. The molecule has 0 aromatic heterocycles. The number of hydrogen-bond acceptors (Lipinski definition) is 4. The Kier molecular flexibility index (Phi) is 4.25. The van der Waals surface area contributed by atoms with Gasteiger partial charge in [-0.3, -0.25) is 4.79 Å². The maximum absolute atomic E-state index is 12.2. The quantitative estimate of drug-likeness (QED) is 0.336. The number of amidine groups is 1. The average molecular weight is 299 g/mol. The molecule has 114 valence electrons. The van der Waals surface area contributed by atoms with Gasteiger partial charge in [-0.25, -0.2) is 0 Å². The molecule has 8 heteroatoms. The Morgan fingerprint density at radius 2 is 2.00 bits per heavy atom. The first-order chi connectivity index (χ1) is 9.98. The van der Waals surface area contributed by atoms with Gasteiger partial charge in [0.25, 0.3) is 0 Å². The standard InChI is InChI=1S/C13H15F2N3O3/c14-12(15)21-9-4-2-8(3-5-9)17-11(19)13(6-1-7-13)10(16)18-20/h2-5,12,20H,1,6-7H2,(H2,16,18)(H,17,19). The topological polar surface area (TPSA) is 96.9 Å². The molecule has 0 bridgehead atoms. The third kappa shape index (κ3) is 3.04. The molecule has 0 atom stereocenters. The molecule has 21 heavy (non-hydrogen) atoms. The van der Waals surface area contributed by atoms with Crippen LogP contribution in [0.25, 0.3) is 0 Å². The van der Waals surface area contributed by atoms with Crippen LogP contribution in [-0.4, -0.2) is 23.6 Å². The van der Waals surface area contributed by atoms with Crippen LogP contribution in [0.3, 0.4) is 0 Å². The fraction of sp³-hybridized carbons (Fsp3) is 0.385. The molecule has 0 aliphatic heterocycles. The second-order valence-corrected chi connectivity index (χ2v) is 4.78. The summed E-state index contributed by atoms with van der Waals surface area (Å²) in [6.07, 6.45) is 1.81. The number of nitrogens with zero attached hydrogens (tertiary/aromatic N) is 1. The van der Waals surface area contributed by atoms with E-state index in [9.17, 15) is 13.6 Å². The second kappa shape index (κ2) is 5.94. The van der Waals surface area contributed by atoms with E-state index in [1.54, 1.807) is 0 Å². The fourth-order valence-electron chi connectivity index (χ4n) is 2.20. The Bertz CT molecular complexity index is 542. The van der Waals surface area contributed by atoms with E-state index in [0.717, 1.165) is 6.42 Å². The highest BCUT2D eigenvalue weighted by atomic mass is 19.3. The molecule has 0 saturated heterocycles. The van der Waals surface area contributed by atoms with E-state index in [4.69, 9.17) is 10.9 Å². The summed E-state index contributed by atoms with van der Waals surface area (Å²) in [7, 11) is 0. The Morgan fingerprint density at radius 1 is 1.38 bits per heavy atom. The first-order valence-electron chi connectivity index (χ1n) is 6.32. The molecule has 0 spiro atoms. The van der Waals surface area contributed by atoms with Crippen molar-refractivity contribution in [2.75, 3.05) is 5.32 Å². The van der Waals surface area contributed by atoms with E-state index in [-0.39, 0.29) is 17.5 Å². The Labute approximate surface area is 119 Å². The van der Waals surface area contributed by atoms with Gasteiger partial charge in [0.1, 0.15) is 11.2 Å². The highest BCUT2D eigenvalue weighted by molar-refractivity contribution is 6.12. The normalized spacial score (nSPS) is 17.2. The molecule has 0 unspecified atom stereocenters. The minimum atomic E-state index is -2.90. The van der Waals surface area contributed by atoms with Crippen molar-refractivity contribution in [2.45, 2.75) is 25.9 Å². The number of carbonyl (C=O) groups is 1. The summed E-state index contributed by atoms with van der Waals surface area (Å²) in [6, 6.07) is 5.51. The highest BCUT2D eigenvalue weighted by Crippen LogP contribution is 2.42. The summed E-state index contributed by atoms with van der Waals surface area (Å²) in [5, 5.41) is 14.3. The lowest BCUT2D eigenvalue weighted by Gasteiger charge is -2.38. The lowest BCUT2D eigenvalue weighted by Crippen LogP contribution is -2.51. The van der Waals surface area contributed by atoms with Gasteiger partial charge in [-0.05, 0) is 37.1 Å². The number of rotatable bonds is 5. The van der Waals surface area contributed by atoms with Crippen molar-refractivity contribution in [1.29, 1.82) is 0 Å². The Hall–Kier alpha value is -2.38. The van der Waals surface area contributed by atoms with Crippen LogP contribution in [0.2, 0.25) is 0 Å². The minimum absolute atomic E-state index is 0.00205. The number of benzene rings is 1. The molecule has 6 nitrogen and oxygen atoms in total. The minimum Gasteiger partial charge on any atom is -0.435 e. The number of carbonyl (C=O) groups excluding carboxylic acids is 1. The number of hydrogen-bond donors (Lipinski definition) is 3. The number of alkyl halides is 2. The van der Waals surface area contributed by atoms with Crippen molar-refractivity contribution in [3.8, 4) is 5.75 Å². The van der Waals surface area contributed by atoms with Gasteiger partial charge in [-0.1, -0.05) is 11.6 Å². The molecule has 2 rings (SSSR count). The Morgan fingerprint density at radius 3 is 2.43 bits per heavy atom. The van der Waals surface area contributed by atoms with E-state index in [2.05, 4.69) is 15.2 Å². The van der Waals surface area contributed by atoms with E-state index < -0.39 is 12.0 Å². The summed E-state index contributed by atoms with van der Waals surface area (Å²) < 4.78 is 28.3. The third-order valence-electron chi connectivity index (χ3n) is 3.58. The van der Waals surface area contributed by atoms with Gasteiger partial charge >= 0.3 is 6.61 Å². The van der Waals surface area contributed by atoms with E-state index in [1.807, 2.05) is 0 Å². The molecule has 4 N–H and O–H groups in total. The van der Waals surface area contributed by atoms with Gasteiger partial charge < -0.3 is 21.0 Å². The average Bonchev–Trinajstić information content (AvgIpc) is 2.39. The van der Waals surface area contributed by atoms with Crippen LogP contribution in [-0.2, 0) is 4.79 Å². The van der Waals surface area contributed by atoms with Crippen LogP contribution in [0.4, 0.5) is 14.5 Å². The largest absolute Gasteiger partial charge is 0.435 e. The number of anilines is 1. The molecular formula is C13H15F2N3O3. The van der Waals surface area contributed by atoms with Gasteiger partial charge in [-0.15, -0.1) is 0 Å². The lowest BCUT2D eigenvalue weighted by molar-refractivity contribution is -0.125. The fourth-order valence-corrected chi connectivity index (χ4v) is 2.20. The Balaban J connectivity index is 2.06. The SMILES string of the molecule is N/C(=N/O)C1(C(=O)Nc2ccc(OC(F)F)cc2)CCC1. The van der Waals surface area contributed by atoms with Gasteiger partial charge in [0.15, 0.2) is 5.84 Å². The molecule has 1 aliphatic rings. The van der Waals surface area contributed by atoms with Gasteiger partial charge in [0.05, 0.1) is 0 Å². The van der Waals surface area contributed by atoms with E-state index in [1.165, 1.54) is 24.3 Å². The van der Waals surface area contributed by atoms with Crippen molar-refractivity contribution in [2.24, 2.45) is 16.3 Å². The summed E-state index contributed by atoms with van der Waals surface area (Å²) in [5.74, 6) is -0.506. The maximum Gasteiger partial charge on any atom is 0.387 e. The number of oxime groups is 1. The zero-order valence-corrected chi connectivity index (χ0v) is 11.1. The summed E-state index contributed by atoms with van der Waals surface area (Å²) in [4.78, 5) is 12.2. The summed E-state index contributed by atoms with van der Waals surface area (Å²) in [5.41, 5.74) is 5.00. The lowest BCUT2D eigenvalue weighted by atomic mass is 9.67. The van der Waals surface area contributed by atoms with Crippen molar-refractivity contribution < 1.29 is 23.5 Å². The zero-order valence-electron chi connectivity index (χ0n) is 11.1. The third-order valence-corrected chi connectivity index (χ3v) is 3.58. The van der Waals surface area contributed by atoms with Crippen molar-refractivity contribution in [3.05, 3.63) is 24.3 Å². The first-order valence-corrected chi connectivity index (χ1v) is 6.32. The molecule has 0 heterocycles. The molecule has 0 radical (unpaired) electrons. The summed E-state index contributed by atoms with van der Waals surface area (Å²) >= 11 is 0. The van der Waals surface area contributed by atoms with Gasteiger partial charge in [0.2, 0.25) is 5.91 Å². The zero-order chi connectivity index (χ0) is 15.5. The molecule has 1 aliphatic carbocycles. The number of halogens is 2. The van der Waals surface area contributed by atoms with Crippen LogP contribution in [0, 0.1) is 5.41 Å². The van der Waals surface area contributed by atoms with Crippen LogP contribution in [0.1, 0.15) is 19.3 Å². The van der Waals surface area contributed by atoms with Crippen LogP contribution < -0.4 is 15.8 Å². The predicted octanol–water partition coefficient (Wildman–Crippen LogP) is 2.14. The smallest absolute Gasteiger partial charge is 0.387 e. The van der Waals surface area contributed by atoms with Crippen molar-refractivity contribution in [3.63, 3.8) is 0 Å². The van der Waals surface area contributed by atoms with Crippen molar-refractivity contribution in [1.82, 2.24) is 0 Å². The monoisotopic (exact) mass is 299 g/mol. The maximum atomic E-state index is 12.2. The number of amides is 1. The van der Waals surface area contributed by atoms with E-state index >= 15 is 0 Å². The number of nitrogens with one attached hydrogen (secondary N) is 1. The first kappa shape index (κ1) is 15.0. The number of nitrogens with two attached hydrogens (primary N) is 1. The van der Waals surface area contributed by atoms with Crippen LogP contribution >= 0.6 is 0 Å². The second-order valence-electron chi connectivity index (χ2n) is 4.78. The molecule has 1 saturated carbocycles. The summed E-state index contributed by atoms with van der Waals surface area (Å²) in [6.45, 7) is -2.90. The van der Waals surface area contributed by atoms with Gasteiger partial charge in [-0.2, -0.15) is 8.78 Å². The van der Waals surface area contributed by atoms with Crippen LogP contribution in [0.15, 0.2) is 29.4 Å². The molecule has 1 aromatic rings. The molecule has 1 amide bonds. The molecular weight excluding hydrogens is 284 g/mol. The van der Waals surface area contributed by atoms with Gasteiger partial charge in [0, 0.05) is 5.69 Å². The van der Waals surface area contributed by atoms with E-state index in [0.29, 0.717) is 18.5 Å². The van der Waals surface area contributed by atoms with Crippen molar-refractivity contribution >= 4 is 17.4 Å². The molecule has 1 fully saturated rings. The number of ether oxygens (including phenoxy) is 1. The van der Waals surface area contributed by atoms with Crippen LogP contribution in [0.5, 0.6) is 5.75 Å². The highest BCUT2D eigenvalue weighted by Gasteiger charge is 2.48. The molecule has 1 aromatic carbocycles.